The van der Waals surface area contributed by atoms with Gasteiger partial charge in [0.15, 0.2) is 0 Å². The van der Waals surface area contributed by atoms with Crippen LogP contribution in [0.3, 0.4) is 0 Å². The van der Waals surface area contributed by atoms with Gasteiger partial charge in [0.05, 0.1) is 18.3 Å². The molecule has 0 saturated carbocycles. The predicted octanol–water partition coefficient (Wildman–Crippen LogP) is 4.45. The molecule has 2 aromatic rings. The number of urea groups is 1. The van der Waals surface area contributed by atoms with E-state index in [0.29, 0.717) is 5.69 Å². The van der Waals surface area contributed by atoms with Crippen LogP contribution < -0.4 is 4.90 Å². The third-order valence-electron chi connectivity index (χ3n) is 4.48. The standard InChI is InChI=1S/C19H14ClFN2O2S/c20-14-7-4-8-15(21)13(14)11-22-16-9-10-26-17(16)18(24)23(19(22)25)12-5-2-1-3-6-12/h1-10,16-17H,11H2. The molecule has 2 aromatic carbocycles. The number of para-hydroxylation sites is 1. The van der Waals surface area contributed by atoms with Gasteiger partial charge in [0.25, 0.3) is 5.91 Å². The number of amides is 3. The Labute approximate surface area is 159 Å². The first-order valence-electron chi connectivity index (χ1n) is 8.02. The first-order chi connectivity index (χ1) is 12.6. The van der Waals surface area contributed by atoms with E-state index in [-0.39, 0.29) is 23.0 Å². The van der Waals surface area contributed by atoms with Crippen LogP contribution in [-0.4, -0.2) is 28.1 Å². The van der Waals surface area contributed by atoms with Crippen LogP contribution in [0.4, 0.5) is 14.9 Å². The monoisotopic (exact) mass is 388 g/mol. The van der Waals surface area contributed by atoms with Gasteiger partial charge in [-0.15, -0.1) is 11.8 Å². The fourth-order valence-corrected chi connectivity index (χ4v) is 4.45. The zero-order valence-electron chi connectivity index (χ0n) is 13.5. The van der Waals surface area contributed by atoms with Crippen molar-refractivity contribution in [3.05, 3.63) is 76.4 Å². The van der Waals surface area contributed by atoms with Crippen molar-refractivity contribution in [3.63, 3.8) is 0 Å². The van der Waals surface area contributed by atoms with Crippen LogP contribution in [0, 0.1) is 5.82 Å². The average Bonchev–Trinajstić information content (AvgIpc) is 3.12. The van der Waals surface area contributed by atoms with Gasteiger partial charge in [0.1, 0.15) is 11.1 Å². The van der Waals surface area contributed by atoms with Crippen molar-refractivity contribution in [1.82, 2.24) is 4.90 Å². The molecular formula is C19H14ClFN2O2S. The maximum atomic E-state index is 14.2. The lowest BCUT2D eigenvalue weighted by Crippen LogP contribution is -2.61. The fraction of sp³-hybridized carbons (Fsp3) is 0.158. The van der Waals surface area contributed by atoms with Crippen molar-refractivity contribution in [2.75, 3.05) is 4.90 Å². The molecule has 0 radical (unpaired) electrons. The largest absolute Gasteiger partial charge is 0.332 e. The summed E-state index contributed by atoms with van der Waals surface area (Å²) in [7, 11) is 0. The molecule has 0 aliphatic carbocycles. The molecule has 2 heterocycles. The number of imide groups is 1. The molecule has 4 rings (SSSR count). The highest BCUT2D eigenvalue weighted by molar-refractivity contribution is 8.03. The molecule has 0 bridgehead atoms. The number of halogens is 2. The minimum atomic E-state index is -0.478. The number of carbonyl (C=O) groups excluding carboxylic acids is 2. The minimum Gasteiger partial charge on any atom is -0.311 e. The zero-order valence-corrected chi connectivity index (χ0v) is 15.1. The number of hydrogen-bond acceptors (Lipinski definition) is 3. The number of carbonyl (C=O) groups is 2. The second-order valence-corrected chi connectivity index (χ2v) is 7.46. The second-order valence-electron chi connectivity index (χ2n) is 6.00. The van der Waals surface area contributed by atoms with Crippen LogP contribution in [0.1, 0.15) is 5.56 Å². The smallest absolute Gasteiger partial charge is 0.311 e. The Bertz CT molecular complexity index is 885. The lowest BCUT2D eigenvalue weighted by atomic mass is 10.1. The molecule has 2 aliphatic rings. The van der Waals surface area contributed by atoms with Gasteiger partial charge in [-0.05, 0) is 29.7 Å². The van der Waals surface area contributed by atoms with E-state index in [9.17, 15) is 14.0 Å². The lowest BCUT2D eigenvalue weighted by molar-refractivity contribution is -0.119. The highest BCUT2D eigenvalue weighted by atomic mass is 35.5. The van der Waals surface area contributed by atoms with Gasteiger partial charge >= 0.3 is 6.03 Å². The van der Waals surface area contributed by atoms with Crippen molar-refractivity contribution in [1.29, 1.82) is 0 Å². The van der Waals surface area contributed by atoms with E-state index in [4.69, 9.17) is 11.6 Å². The molecular weight excluding hydrogens is 375 g/mol. The molecule has 2 atom stereocenters. The molecule has 0 N–H and O–H groups in total. The molecule has 2 aliphatic heterocycles. The number of hydrogen-bond donors (Lipinski definition) is 0. The summed E-state index contributed by atoms with van der Waals surface area (Å²) in [6, 6.07) is 12.3. The SMILES string of the molecule is O=C1C2SC=CC2N(Cc2c(F)cccc2Cl)C(=O)N1c1ccccc1. The molecule has 3 amide bonds. The van der Waals surface area contributed by atoms with Crippen LogP contribution in [0.25, 0.3) is 0 Å². The summed E-state index contributed by atoms with van der Waals surface area (Å²) >= 11 is 7.50. The van der Waals surface area contributed by atoms with E-state index >= 15 is 0 Å². The van der Waals surface area contributed by atoms with Crippen LogP contribution in [-0.2, 0) is 11.3 Å². The second kappa shape index (κ2) is 6.78. The quantitative estimate of drug-likeness (QED) is 0.780. The van der Waals surface area contributed by atoms with Gasteiger partial charge in [0, 0.05) is 10.6 Å². The van der Waals surface area contributed by atoms with Crippen molar-refractivity contribution in [3.8, 4) is 0 Å². The van der Waals surface area contributed by atoms with Crippen molar-refractivity contribution in [2.24, 2.45) is 0 Å². The van der Waals surface area contributed by atoms with Crippen molar-refractivity contribution in [2.45, 2.75) is 17.8 Å². The summed E-state index contributed by atoms with van der Waals surface area (Å²) in [5.74, 6) is -0.739. The molecule has 1 fully saturated rings. The summed E-state index contributed by atoms with van der Waals surface area (Å²) < 4.78 is 14.2. The molecule has 1 saturated heterocycles. The number of benzene rings is 2. The van der Waals surface area contributed by atoms with E-state index in [2.05, 4.69) is 0 Å². The Morgan fingerprint density at radius 2 is 1.85 bits per heavy atom. The maximum Gasteiger partial charge on any atom is 0.332 e. The number of rotatable bonds is 3. The first kappa shape index (κ1) is 17.1. The molecule has 2 unspecified atom stereocenters. The Kier molecular flexibility index (Phi) is 4.46. The Hall–Kier alpha value is -2.31. The van der Waals surface area contributed by atoms with E-state index in [1.54, 1.807) is 30.3 Å². The van der Waals surface area contributed by atoms with E-state index in [1.165, 1.54) is 28.8 Å². The van der Waals surface area contributed by atoms with Gasteiger partial charge in [0.2, 0.25) is 0 Å². The molecule has 0 aromatic heterocycles. The van der Waals surface area contributed by atoms with Gasteiger partial charge < -0.3 is 4.90 Å². The van der Waals surface area contributed by atoms with Gasteiger partial charge in [-0.3, -0.25) is 4.79 Å². The summed E-state index contributed by atoms with van der Waals surface area (Å²) in [4.78, 5) is 28.7. The number of thioether (sulfide) groups is 1. The summed E-state index contributed by atoms with van der Waals surface area (Å²) in [5, 5.41) is 1.62. The third-order valence-corrected chi connectivity index (χ3v) is 5.92. The summed E-state index contributed by atoms with van der Waals surface area (Å²) in [5.41, 5.74) is 0.743. The third kappa shape index (κ3) is 2.79. The molecule has 132 valence electrons. The van der Waals surface area contributed by atoms with Crippen molar-refractivity contribution >= 4 is 41.0 Å². The Morgan fingerprint density at radius 1 is 1.08 bits per heavy atom. The first-order valence-corrected chi connectivity index (χ1v) is 9.34. The molecule has 0 spiro atoms. The van der Waals surface area contributed by atoms with Crippen LogP contribution >= 0.6 is 23.4 Å². The number of fused-ring (bicyclic) bond motifs is 1. The Balaban J connectivity index is 1.74. The minimum absolute atomic E-state index is 0.00692. The molecule has 7 heteroatoms. The fourth-order valence-electron chi connectivity index (χ4n) is 3.18. The number of anilines is 1. The van der Waals surface area contributed by atoms with E-state index in [1.807, 2.05) is 17.6 Å². The topological polar surface area (TPSA) is 40.6 Å². The van der Waals surface area contributed by atoms with Crippen LogP contribution in [0.5, 0.6) is 0 Å². The normalized spacial score (nSPS) is 22.1. The van der Waals surface area contributed by atoms with E-state index in [0.717, 1.165) is 4.90 Å². The predicted molar refractivity (Wildman–Crippen MR) is 101 cm³/mol. The maximum absolute atomic E-state index is 14.2. The lowest BCUT2D eigenvalue weighted by Gasteiger charge is -2.41. The molecule has 4 nitrogen and oxygen atoms in total. The van der Waals surface area contributed by atoms with Crippen LogP contribution in [0.2, 0.25) is 5.02 Å². The van der Waals surface area contributed by atoms with Gasteiger partial charge in [-0.25, -0.2) is 14.1 Å². The summed E-state index contributed by atoms with van der Waals surface area (Å²) in [6.45, 7) is -0.00692. The zero-order chi connectivity index (χ0) is 18.3. The van der Waals surface area contributed by atoms with Gasteiger partial charge in [-0.1, -0.05) is 41.9 Å². The average molecular weight is 389 g/mol. The van der Waals surface area contributed by atoms with Gasteiger partial charge in [-0.2, -0.15) is 0 Å². The highest BCUT2D eigenvalue weighted by Crippen LogP contribution is 2.37. The Morgan fingerprint density at radius 3 is 2.58 bits per heavy atom. The van der Waals surface area contributed by atoms with Crippen molar-refractivity contribution < 1.29 is 14.0 Å². The van der Waals surface area contributed by atoms with Crippen LogP contribution in [0.15, 0.2) is 60.0 Å². The summed E-state index contributed by atoms with van der Waals surface area (Å²) in [6.07, 6.45) is 1.81. The number of nitrogens with zero attached hydrogens (tertiary/aromatic N) is 2. The highest BCUT2D eigenvalue weighted by Gasteiger charge is 2.48. The molecule has 26 heavy (non-hydrogen) atoms. The van der Waals surface area contributed by atoms with E-state index < -0.39 is 23.1 Å².